The maximum Gasteiger partial charge on any atom is 0.261 e. The molecular weight excluding hydrogens is 368 g/mol. The lowest BCUT2D eigenvalue weighted by Crippen LogP contribution is -2.24. The van der Waals surface area contributed by atoms with Gasteiger partial charge in [-0.15, -0.1) is 0 Å². The number of carbonyl (C=O) groups excluding carboxylic acids is 4. The molecule has 1 N–H and O–H groups in total. The second kappa shape index (κ2) is 7.16. The molecule has 0 aliphatic carbocycles. The molecule has 6 heteroatoms. The van der Waals surface area contributed by atoms with Crippen LogP contribution >= 0.6 is 0 Å². The van der Waals surface area contributed by atoms with Gasteiger partial charge in [0.1, 0.15) is 0 Å². The van der Waals surface area contributed by atoms with E-state index in [1.165, 1.54) is 19.2 Å². The standard InChI is InChI=1S/C23H16N2O4/c1-25-22(28)18-12-11-17(13-19(18)23(25)29)24-21(27)16-9-7-15(8-10-16)20(26)14-5-3-2-4-6-14/h2-13H,1H3,(H,24,27). The SMILES string of the molecule is CN1C(=O)c2ccc(NC(=O)c3ccc(C(=O)c4ccccc4)cc3)cc2C1=O. The molecule has 3 aromatic rings. The van der Waals surface area contributed by atoms with E-state index in [1.807, 2.05) is 6.07 Å². The fraction of sp³-hybridized carbons (Fsp3) is 0.0435. The Balaban J connectivity index is 1.51. The molecule has 0 fully saturated rings. The van der Waals surface area contributed by atoms with Gasteiger partial charge >= 0.3 is 0 Å². The van der Waals surface area contributed by atoms with Gasteiger partial charge in [-0.3, -0.25) is 24.1 Å². The van der Waals surface area contributed by atoms with Gasteiger partial charge in [0.2, 0.25) is 0 Å². The molecular formula is C23H16N2O4. The minimum atomic E-state index is -0.398. The Bertz CT molecular complexity index is 1150. The van der Waals surface area contributed by atoms with Crippen molar-refractivity contribution in [3.8, 4) is 0 Å². The molecule has 3 aromatic carbocycles. The number of hydrogen-bond donors (Lipinski definition) is 1. The first kappa shape index (κ1) is 18.3. The second-order valence-electron chi connectivity index (χ2n) is 6.66. The highest BCUT2D eigenvalue weighted by molar-refractivity contribution is 6.21. The Kier molecular flexibility index (Phi) is 4.52. The molecule has 0 bridgehead atoms. The summed E-state index contributed by atoms with van der Waals surface area (Å²) in [5.74, 6) is -1.26. The Morgan fingerprint density at radius 3 is 2.00 bits per heavy atom. The molecule has 29 heavy (non-hydrogen) atoms. The van der Waals surface area contributed by atoms with Gasteiger partial charge in [0, 0.05) is 29.4 Å². The van der Waals surface area contributed by atoms with Crippen molar-refractivity contribution in [1.82, 2.24) is 4.90 Å². The molecule has 6 nitrogen and oxygen atoms in total. The average Bonchev–Trinajstić information content (AvgIpc) is 2.97. The lowest BCUT2D eigenvalue weighted by atomic mass is 10.0. The molecule has 0 spiro atoms. The Morgan fingerprint density at radius 1 is 0.724 bits per heavy atom. The number of benzene rings is 3. The third kappa shape index (κ3) is 3.32. The Labute approximate surface area is 166 Å². The molecule has 0 unspecified atom stereocenters. The van der Waals surface area contributed by atoms with Crippen LogP contribution in [0.15, 0.2) is 72.8 Å². The van der Waals surface area contributed by atoms with Gasteiger partial charge < -0.3 is 5.32 Å². The lowest BCUT2D eigenvalue weighted by Gasteiger charge is -2.07. The molecule has 1 aliphatic rings. The number of amides is 3. The van der Waals surface area contributed by atoms with Gasteiger partial charge in [0.15, 0.2) is 5.78 Å². The summed E-state index contributed by atoms with van der Waals surface area (Å²) < 4.78 is 0. The van der Waals surface area contributed by atoms with Crippen molar-refractivity contribution in [2.75, 3.05) is 12.4 Å². The third-order valence-corrected chi connectivity index (χ3v) is 4.79. The van der Waals surface area contributed by atoms with E-state index in [-0.39, 0.29) is 23.2 Å². The Morgan fingerprint density at radius 2 is 1.31 bits per heavy atom. The van der Waals surface area contributed by atoms with Crippen LogP contribution in [0.4, 0.5) is 5.69 Å². The number of imide groups is 1. The minimum Gasteiger partial charge on any atom is -0.322 e. The van der Waals surface area contributed by atoms with E-state index in [0.717, 1.165) is 4.90 Å². The van der Waals surface area contributed by atoms with E-state index in [0.29, 0.717) is 27.9 Å². The zero-order chi connectivity index (χ0) is 20.5. The summed E-state index contributed by atoms with van der Waals surface area (Å²) in [6.45, 7) is 0. The first-order valence-corrected chi connectivity index (χ1v) is 8.93. The lowest BCUT2D eigenvalue weighted by molar-refractivity contribution is 0.0692. The number of rotatable bonds is 4. The van der Waals surface area contributed by atoms with Crippen molar-refractivity contribution in [3.63, 3.8) is 0 Å². The zero-order valence-corrected chi connectivity index (χ0v) is 15.5. The first-order chi connectivity index (χ1) is 14.0. The maximum absolute atomic E-state index is 12.5. The molecule has 142 valence electrons. The van der Waals surface area contributed by atoms with Gasteiger partial charge in [-0.2, -0.15) is 0 Å². The van der Waals surface area contributed by atoms with E-state index >= 15 is 0 Å². The minimum absolute atomic E-state index is 0.122. The highest BCUT2D eigenvalue weighted by Crippen LogP contribution is 2.25. The molecule has 1 heterocycles. The molecule has 4 rings (SSSR count). The number of ketones is 1. The summed E-state index contributed by atoms with van der Waals surface area (Å²) in [6, 6.07) is 19.8. The van der Waals surface area contributed by atoms with Crippen molar-refractivity contribution in [1.29, 1.82) is 0 Å². The Hall–Kier alpha value is -4.06. The molecule has 0 atom stereocenters. The molecule has 3 amide bonds. The summed E-state index contributed by atoms with van der Waals surface area (Å²) >= 11 is 0. The summed E-state index contributed by atoms with van der Waals surface area (Å²) in [5.41, 5.74) is 2.42. The summed E-state index contributed by atoms with van der Waals surface area (Å²) in [4.78, 5) is 50.0. The van der Waals surface area contributed by atoms with E-state index in [2.05, 4.69) is 5.32 Å². The molecule has 0 aromatic heterocycles. The van der Waals surface area contributed by atoms with Crippen LogP contribution in [0.25, 0.3) is 0 Å². The van der Waals surface area contributed by atoms with Gasteiger partial charge in [-0.05, 0) is 30.3 Å². The fourth-order valence-electron chi connectivity index (χ4n) is 3.17. The maximum atomic E-state index is 12.5. The van der Waals surface area contributed by atoms with E-state index in [9.17, 15) is 19.2 Å². The second-order valence-corrected chi connectivity index (χ2v) is 6.66. The molecule has 0 radical (unpaired) electrons. The van der Waals surface area contributed by atoms with Crippen LogP contribution in [0, 0.1) is 0 Å². The van der Waals surface area contributed by atoms with E-state index in [4.69, 9.17) is 0 Å². The van der Waals surface area contributed by atoms with Crippen molar-refractivity contribution in [2.45, 2.75) is 0 Å². The zero-order valence-electron chi connectivity index (χ0n) is 15.5. The smallest absolute Gasteiger partial charge is 0.261 e. The predicted octanol–water partition coefficient (Wildman–Crippen LogP) is 3.40. The van der Waals surface area contributed by atoms with Crippen LogP contribution < -0.4 is 5.32 Å². The quantitative estimate of drug-likeness (QED) is 0.552. The number of fused-ring (bicyclic) bond motifs is 1. The van der Waals surface area contributed by atoms with Crippen LogP contribution in [0.3, 0.4) is 0 Å². The highest BCUT2D eigenvalue weighted by atomic mass is 16.2. The van der Waals surface area contributed by atoms with Crippen molar-refractivity contribution in [2.24, 2.45) is 0 Å². The third-order valence-electron chi connectivity index (χ3n) is 4.79. The average molecular weight is 384 g/mol. The first-order valence-electron chi connectivity index (χ1n) is 8.93. The van der Waals surface area contributed by atoms with E-state index < -0.39 is 5.91 Å². The van der Waals surface area contributed by atoms with Crippen LogP contribution in [0.5, 0.6) is 0 Å². The fourth-order valence-corrected chi connectivity index (χ4v) is 3.17. The van der Waals surface area contributed by atoms with Crippen LogP contribution in [-0.2, 0) is 0 Å². The molecule has 0 saturated carbocycles. The summed E-state index contributed by atoms with van der Waals surface area (Å²) in [5, 5.41) is 2.71. The van der Waals surface area contributed by atoms with Crippen molar-refractivity contribution >= 4 is 29.2 Å². The summed E-state index contributed by atoms with van der Waals surface area (Å²) in [6.07, 6.45) is 0. The van der Waals surface area contributed by atoms with Gasteiger partial charge in [-0.25, -0.2) is 0 Å². The largest absolute Gasteiger partial charge is 0.322 e. The van der Waals surface area contributed by atoms with Gasteiger partial charge in [0.05, 0.1) is 11.1 Å². The van der Waals surface area contributed by atoms with Crippen LogP contribution in [0.1, 0.15) is 47.0 Å². The number of hydrogen-bond acceptors (Lipinski definition) is 4. The topological polar surface area (TPSA) is 83.6 Å². The summed E-state index contributed by atoms with van der Waals surface area (Å²) in [7, 11) is 1.42. The predicted molar refractivity (Wildman–Crippen MR) is 107 cm³/mol. The normalized spacial score (nSPS) is 12.7. The van der Waals surface area contributed by atoms with Crippen LogP contribution in [0.2, 0.25) is 0 Å². The monoisotopic (exact) mass is 384 g/mol. The molecule has 1 aliphatic heterocycles. The van der Waals surface area contributed by atoms with Gasteiger partial charge in [0.25, 0.3) is 17.7 Å². The van der Waals surface area contributed by atoms with E-state index in [1.54, 1.807) is 54.6 Å². The number of nitrogens with one attached hydrogen (secondary N) is 1. The molecule has 0 saturated heterocycles. The van der Waals surface area contributed by atoms with Crippen LogP contribution in [-0.4, -0.2) is 35.5 Å². The van der Waals surface area contributed by atoms with Gasteiger partial charge in [-0.1, -0.05) is 42.5 Å². The van der Waals surface area contributed by atoms with Crippen molar-refractivity contribution < 1.29 is 19.2 Å². The number of carbonyl (C=O) groups is 4. The highest BCUT2D eigenvalue weighted by Gasteiger charge is 2.32. The number of anilines is 1. The number of nitrogens with zero attached hydrogens (tertiary/aromatic N) is 1. The van der Waals surface area contributed by atoms with Crippen molar-refractivity contribution in [3.05, 3.63) is 101 Å².